The van der Waals surface area contributed by atoms with Gasteiger partial charge >= 0.3 is 0 Å². The lowest BCUT2D eigenvalue weighted by atomic mass is 9.88. The maximum Gasteiger partial charge on any atom is 0.265 e. The normalized spacial score (nSPS) is 25.2. The maximum absolute atomic E-state index is 16.6. The Labute approximate surface area is 346 Å². The van der Waals surface area contributed by atoms with Gasteiger partial charge in [0, 0.05) is 69.3 Å². The van der Waals surface area contributed by atoms with Crippen molar-refractivity contribution in [1.82, 2.24) is 15.1 Å². The van der Waals surface area contributed by atoms with Gasteiger partial charge in [0.2, 0.25) is 11.8 Å². The Morgan fingerprint density at radius 3 is 1.91 bits per heavy atom. The highest BCUT2D eigenvalue weighted by Crippen LogP contribution is 2.38. The van der Waals surface area contributed by atoms with Crippen molar-refractivity contribution >= 4 is 46.1 Å². The molecule has 13 heteroatoms. The van der Waals surface area contributed by atoms with Crippen LogP contribution in [0.4, 0.5) is 20.2 Å². The standard InChI is InChI=1S/C45H45F2N5O6/c1-2-34(28-5-11-32(53)12-6-28)39(30-7-13-33(54)14-8-30)29-3-9-31(10-4-29)50-19-17-27(18-20-50)26-49-21-23-51(24-22-49)37-25-35(46)40-41(42(37)47)45(58)52(44(40)57)36-15-16-38(55)48-43(36)56/h3-14,25,27,36,53-54H,2,15-24,26H2,1H3,(H,48,55,56)/i21D2,22D2,23D2,24D2. The van der Waals surface area contributed by atoms with Crippen LogP contribution in [0.2, 0.25) is 0 Å². The van der Waals surface area contributed by atoms with Crippen molar-refractivity contribution in [3.63, 3.8) is 0 Å². The van der Waals surface area contributed by atoms with Crippen LogP contribution in [-0.4, -0.2) is 95.3 Å². The number of carbonyl (C=O) groups excluding carboxylic acids is 4. The van der Waals surface area contributed by atoms with Gasteiger partial charge in [-0.15, -0.1) is 0 Å². The molecular weight excluding hydrogens is 745 g/mol. The molecular formula is C45H45F2N5O6. The molecule has 4 aromatic rings. The number of amides is 4. The van der Waals surface area contributed by atoms with E-state index in [-0.39, 0.29) is 40.2 Å². The molecule has 4 aliphatic rings. The van der Waals surface area contributed by atoms with Gasteiger partial charge in [-0.3, -0.25) is 34.3 Å². The molecule has 4 aromatic carbocycles. The summed E-state index contributed by atoms with van der Waals surface area (Å²) >= 11 is 0. The number of phenols is 2. The number of aromatic hydroxyl groups is 2. The Balaban J connectivity index is 1.02. The fourth-order valence-electron chi connectivity index (χ4n) is 8.02. The molecule has 4 heterocycles. The largest absolute Gasteiger partial charge is 0.508 e. The summed E-state index contributed by atoms with van der Waals surface area (Å²) < 4.78 is 104. The molecule has 8 rings (SSSR count). The van der Waals surface area contributed by atoms with Crippen LogP contribution in [0.1, 0.15) is 87.4 Å². The molecule has 1 unspecified atom stereocenters. The molecule has 0 aromatic heterocycles. The van der Waals surface area contributed by atoms with Crippen LogP contribution in [0.3, 0.4) is 0 Å². The lowest BCUT2D eigenvalue weighted by molar-refractivity contribution is -0.136. The van der Waals surface area contributed by atoms with Crippen molar-refractivity contribution < 1.29 is 49.1 Å². The second kappa shape index (κ2) is 16.0. The number of phenolic OH excluding ortho intramolecular Hbond substituents is 2. The zero-order chi connectivity index (χ0) is 47.8. The average Bonchev–Trinajstić information content (AvgIpc) is 3.53. The van der Waals surface area contributed by atoms with E-state index in [9.17, 15) is 29.4 Å². The lowest BCUT2D eigenvalue weighted by Gasteiger charge is -2.40. The van der Waals surface area contributed by atoms with Crippen molar-refractivity contribution in [2.75, 3.05) is 55.4 Å². The number of piperidine rings is 2. The van der Waals surface area contributed by atoms with Crippen LogP contribution in [0.15, 0.2) is 78.9 Å². The van der Waals surface area contributed by atoms with Crippen LogP contribution < -0.4 is 15.1 Å². The number of nitrogens with zero attached hydrogens (tertiary/aromatic N) is 4. The van der Waals surface area contributed by atoms with Gasteiger partial charge in [0.1, 0.15) is 23.4 Å². The zero-order valence-corrected chi connectivity index (χ0v) is 31.4. The number of allylic oxidation sites excluding steroid dienone is 1. The van der Waals surface area contributed by atoms with E-state index in [2.05, 4.69) is 4.90 Å². The summed E-state index contributed by atoms with van der Waals surface area (Å²) in [5.74, 6) is -8.39. The van der Waals surface area contributed by atoms with E-state index in [0.29, 0.717) is 37.3 Å². The van der Waals surface area contributed by atoms with E-state index in [1.807, 2.05) is 60.8 Å². The summed E-state index contributed by atoms with van der Waals surface area (Å²) in [6, 6.07) is 20.3. The molecule has 4 amide bonds. The molecule has 58 heavy (non-hydrogen) atoms. The van der Waals surface area contributed by atoms with Crippen molar-refractivity contribution in [3.8, 4) is 11.5 Å². The maximum atomic E-state index is 16.6. The van der Waals surface area contributed by atoms with Crippen molar-refractivity contribution in [3.05, 3.63) is 118 Å². The molecule has 0 aliphatic carbocycles. The van der Waals surface area contributed by atoms with Crippen LogP contribution in [0, 0.1) is 17.6 Å². The first kappa shape index (κ1) is 30.1. The molecule has 1 atom stereocenters. The van der Waals surface area contributed by atoms with Gasteiger partial charge in [-0.2, -0.15) is 0 Å². The Bertz CT molecular complexity index is 2630. The molecule has 3 saturated heterocycles. The minimum atomic E-state index is -3.64. The predicted octanol–water partition coefficient (Wildman–Crippen LogP) is 6.18. The van der Waals surface area contributed by atoms with Gasteiger partial charge in [0.05, 0.1) is 22.3 Å². The van der Waals surface area contributed by atoms with Gasteiger partial charge in [-0.1, -0.05) is 43.3 Å². The number of hydrogen-bond donors (Lipinski definition) is 3. The number of benzene rings is 4. The average molecular weight is 798 g/mol. The Morgan fingerprint density at radius 2 is 1.33 bits per heavy atom. The minimum absolute atomic E-state index is 0.120. The summed E-state index contributed by atoms with van der Waals surface area (Å²) in [5, 5.41) is 21.9. The summed E-state index contributed by atoms with van der Waals surface area (Å²) in [7, 11) is 0. The quantitative estimate of drug-likeness (QED) is 0.134. The van der Waals surface area contributed by atoms with Gasteiger partial charge in [0.15, 0.2) is 5.82 Å². The molecule has 0 saturated carbocycles. The Morgan fingerprint density at radius 1 is 0.759 bits per heavy atom. The highest BCUT2D eigenvalue weighted by atomic mass is 19.1. The highest BCUT2D eigenvalue weighted by molar-refractivity contribution is 6.24. The van der Waals surface area contributed by atoms with E-state index in [1.165, 1.54) is 0 Å². The summed E-state index contributed by atoms with van der Waals surface area (Å²) in [6.07, 6.45) is 0.740. The number of rotatable bonds is 9. The number of imide groups is 2. The molecule has 0 spiro atoms. The first-order valence-corrected chi connectivity index (χ1v) is 19.0. The van der Waals surface area contributed by atoms with Crippen LogP contribution in [-0.2, 0) is 9.59 Å². The molecule has 11 nitrogen and oxygen atoms in total. The summed E-state index contributed by atoms with van der Waals surface area (Å²) in [4.78, 5) is 53.7. The van der Waals surface area contributed by atoms with E-state index in [4.69, 9.17) is 11.0 Å². The lowest BCUT2D eigenvalue weighted by Crippen LogP contribution is -2.54. The van der Waals surface area contributed by atoms with Crippen molar-refractivity contribution in [2.45, 2.75) is 45.1 Å². The van der Waals surface area contributed by atoms with Crippen LogP contribution in [0.25, 0.3) is 11.1 Å². The second-order valence-corrected chi connectivity index (χ2v) is 14.6. The number of carbonyl (C=O) groups is 4. The Kier molecular flexibility index (Phi) is 8.32. The number of halogens is 2. The predicted molar refractivity (Wildman–Crippen MR) is 215 cm³/mol. The topological polar surface area (TPSA) is 134 Å². The van der Waals surface area contributed by atoms with Gasteiger partial charge in [0.25, 0.3) is 11.8 Å². The fourth-order valence-corrected chi connectivity index (χ4v) is 8.02. The number of hydrogen-bond acceptors (Lipinski definition) is 9. The van der Waals surface area contributed by atoms with Crippen LogP contribution in [0.5, 0.6) is 11.5 Å². The second-order valence-electron chi connectivity index (χ2n) is 14.6. The highest BCUT2D eigenvalue weighted by Gasteiger charge is 2.48. The van der Waals surface area contributed by atoms with E-state index in [0.717, 1.165) is 33.5 Å². The number of anilines is 2. The van der Waals surface area contributed by atoms with Gasteiger partial charge < -0.3 is 20.0 Å². The number of nitrogens with one attached hydrogen (secondary N) is 1. The molecule has 4 aliphatic heterocycles. The fraction of sp³-hybridized carbons (Fsp3) is 0.333. The minimum Gasteiger partial charge on any atom is -0.508 e. The van der Waals surface area contributed by atoms with E-state index < -0.39 is 96.6 Å². The molecule has 3 N–H and O–H groups in total. The molecule has 300 valence electrons. The van der Waals surface area contributed by atoms with Crippen LogP contribution >= 0.6 is 0 Å². The number of fused-ring (bicyclic) bond motifs is 1. The van der Waals surface area contributed by atoms with Gasteiger partial charge in [-0.25, -0.2) is 8.78 Å². The monoisotopic (exact) mass is 797 g/mol. The first-order valence-electron chi connectivity index (χ1n) is 23.0. The zero-order valence-electron chi connectivity index (χ0n) is 39.4. The van der Waals surface area contributed by atoms with Crippen molar-refractivity contribution in [2.24, 2.45) is 5.92 Å². The summed E-state index contributed by atoms with van der Waals surface area (Å²) in [6.45, 7) is -11.7. The summed E-state index contributed by atoms with van der Waals surface area (Å²) in [5.41, 5.74) is 1.72. The third-order valence-electron chi connectivity index (χ3n) is 11.0. The Hall–Kier alpha value is -6.08. The third-order valence-corrected chi connectivity index (χ3v) is 11.0. The molecule has 0 radical (unpaired) electrons. The third kappa shape index (κ3) is 7.42. The molecule has 3 fully saturated rings. The molecule has 0 bridgehead atoms. The van der Waals surface area contributed by atoms with E-state index in [1.54, 1.807) is 24.3 Å². The first-order chi connectivity index (χ1) is 31.0. The van der Waals surface area contributed by atoms with Gasteiger partial charge in [-0.05, 0) is 95.8 Å². The number of piperazine rings is 1. The van der Waals surface area contributed by atoms with E-state index >= 15 is 8.78 Å². The van der Waals surface area contributed by atoms with Crippen molar-refractivity contribution in [1.29, 1.82) is 0 Å². The SMILES string of the molecule is [2H]C1([2H])N(CC2CCN(c3ccc(C(=C(CC)c4ccc(O)cc4)c4ccc(O)cc4)cc3)CC2)C([2H])([2H])C([2H])([2H])N(c2cc(F)c3c(c2F)C(=O)N(C2CCC(=O)NC2=O)C3=O)C1([2H])[2H]. The smallest absolute Gasteiger partial charge is 0.265 e.